The molecule has 0 saturated carbocycles. The topological polar surface area (TPSA) is 64.4 Å². The molecule has 0 aliphatic rings. The van der Waals surface area contributed by atoms with Crippen LogP contribution in [0.4, 0.5) is 19.0 Å². The van der Waals surface area contributed by atoms with Crippen molar-refractivity contribution < 1.29 is 27.2 Å². The second-order valence-electron chi connectivity index (χ2n) is 4.19. The number of amides is 1. The summed E-state index contributed by atoms with van der Waals surface area (Å²) < 4.78 is 47.3. The van der Waals surface area contributed by atoms with E-state index in [2.05, 4.69) is 10.5 Å². The molecular formula is C13H11F3N2O3. The number of benzene rings is 1. The number of ether oxygens (including phenoxy) is 1. The lowest BCUT2D eigenvalue weighted by molar-refractivity contribution is -0.137. The fraction of sp³-hybridized carbons (Fsp3) is 0.231. The van der Waals surface area contributed by atoms with E-state index in [1.54, 1.807) is 6.92 Å². The standard InChI is InChI=1S/C13H11F3N2O3/c1-8-5-11(18-21-8)17-12(19)7-20-10-4-2-3-9(6-10)13(14,15)16/h2-6H,7H2,1H3,(H,17,18,19). The van der Waals surface area contributed by atoms with Gasteiger partial charge >= 0.3 is 6.18 Å². The number of nitrogens with zero attached hydrogens (tertiary/aromatic N) is 1. The molecule has 5 nitrogen and oxygen atoms in total. The van der Waals surface area contributed by atoms with Crippen LogP contribution in [0.3, 0.4) is 0 Å². The van der Waals surface area contributed by atoms with E-state index in [-0.39, 0.29) is 11.6 Å². The van der Waals surface area contributed by atoms with Crippen LogP contribution < -0.4 is 10.1 Å². The van der Waals surface area contributed by atoms with E-state index >= 15 is 0 Å². The van der Waals surface area contributed by atoms with Gasteiger partial charge in [-0.3, -0.25) is 4.79 Å². The molecule has 1 N–H and O–H groups in total. The third-order valence-electron chi connectivity index (χ3n) is 2.43. The highest BCUT2D eigenvalue weighted by atomic mass is 19.4. The van der Waals surface area contributed by atoms with Gasteiger partial charge in [0.1, 0.15) is 11.5 Å². The number of carbonyl (C=O) groups excluding carboxylic acids is 1. The average Bonchev–Trinajstić information content (AvgIpc) is 2.81. The van der Waals surface area contributed by atoms with E-state index in [0.29, 0.717) is 5.76 Å². The molecule has 2 aromatic rings. The summed E-state index contributed by atoms with van der Waals surface area (Å²) in [5.41, 5.74) is -0.840. The summed E-state index contributed by atoms with van der Waals surface area (Å²) in [6.07, 6.45) is -4.46. The minimum absolute atomic E-state index is 0.0451. The highest BCUT2D eigenvalue weighted by Crippen LogP contribution is 2.31. The third-order valence-corrected chi connectivity index (χ3v) is 2.43. The van der Waals surface area contributed by atoms with Gasteiger partial charge in [0, 0.05) is 6.07 Å². The number of rotatable bonds is 4. The SMILES string of the molecule is Cc1cc(NC(=O)COc2cccc(C(F)(F)F)c2)no1. The van der Waals surface area contributed by atoms with Crippen LogP contribution >= 0.6 is 0 Å². The summed E-state index contributed by atoms with van der Waals surface area (Å²) in [5.74, 6) is 0.131. The summed E-state index contributed by atoms with van der Waals surface area (Å²) in [7, 11) is 0. The van der Waals surface area contributed by atoms with Gasteiger partial charge in [-0.15, -0.1) is 0 Å². The summed E-state index contributed by atoms with van der Waals surface area (Å²) in [4.78, 5) is 11.5. The number of carbonyl (C=O) groups is 1. The molecule has 0 aliphatic carbocycles. The van der Waals surface area contributed by atoms with Crippen molar-refractivity contribution >= 4 is 11.7 Å². The van der Waals surface area contributed by atoms with E-state index in [1.165, 1.54) is 18.2 Å². The first kappa shape index (κ1) is 14.9. The van der Waals surface area contributed by atoms with Crippen molar-refractivity contribution in [2.45, 2.75) is 13.1 Å². The van der Waals surface area contributed by atoms with Crippen molar-refractivity contribution in [2.75, 3.05) is 11.9 Å². The molecule has 0 unspecified atom stereocenters. The van der Waals surface area contributed by atoms with Crippen molar-refractivity contribution in [2.24, 2.45) is 0 Å². The van der Waals surface area contributed by atoms with Crippen LogP contribution in [0.2, 0.25) is 0 Å². The molecule has 0 bridgehead atoms. The Morgan fingerprint density at radius 1 is 1.38 bits per heavy atom. The quantitative estimate of drug-likeness (QED) is 0.942. The molecule has 0 radical (unpaired) electrons. The second kappa shape index (κ2) is 5.86. The Kier molecular flexibility index (Phi) is 4.15. The molecule has 1 amide bonds. The molecule has 112 valence electrons. The first-order chi connectivity index (χ1) is 9.84. The average molecular weight is 300 g/mol. The molecule has 0 aliphatic heterocycles. The maximum absolute atomic E-state index is 12.5. The maximum atomic E-state index is 12.5. The highest BCUT2D eigenvalue weighted by Gasteiger charge is 2.30. The normalized spacial score (nSPS) is 11.2. The molecule has 1 aromatic carbocycles. The van der Waals surface area contributed by atoms with Crippen LogP contribution in [0.25, 0.3) is 0 Å². The van der Waals surface area contributed by atoms with E-state index in [4.69, 9.17) is 9.26 Å². The highest BCUT2D eigenvalue weighted by molar-refractivity contribution is 5.90. The monoisotopic (exact) mass is 300 g/mol. The van der Waals surface area contributed by atoms with Gasteiger partial charge in [-0.25, -0.2) is 0 Å². The van der Waals surface area contributed by atoms with Gasteiger partial charge in [0.15, 0.2) is 12.4 Å². The number of halogens is 3. The number of aromatic nitrogens is 1. The van der Waals surface area contributed by atoms with Gasteiger partial charge in [-0.1, -0.05) is 11.2 Å². The van der Waals surface area contributed by atoms with Gasteiger partial charge in [-0.05, 0) is 25.1 Å². The van der Waals surface area contributed by atoms with Gasteiger partial charge in [0.05, 0.1) is 5.56 Å². The predicted octanol–water partition coefficient (Wildman–Crippen LogP) is 3.02. The molecular weight excluding hydrogens is 289 g/mol. The summed E-state index contributed by atoms with van der Waals surface area (Å²) >= 11 is 0. The summed E-state index contributed by atoms with van der Waals surface area (Å²) in [6.45, 7) is 1.22. The molecule has 21 heavy (non-hydrogen) atoms. The molecule has 0 spiro atoms. The predicted molar refractivity (Wildman–Crippen MR) is 66.8 cm³/mol. The number of aryl methyl sites for hydroxylation is 1. The number of anilines is 1. The fourth-order valence-electron chi connectivity index (χ4n) is 1.52. The van der Waals surface area contributed by atoms with E-state index in [9.17, 15) is 18.0 Å². The zero-order valence-electron chi connectivity index (χ0n) is 10.9. The Hall–Kier alpha value is -2.51. The Morgan fingerprint density at radius 2 is 2.14 bits per heavy atom. The Labute approximate surface area is 117 Å². The number of nitrogens with one attached hydrogen (secondary N) is 1. The zero-order valence-corrected chi connectivity index (χ0v) is 10.9. The van der Waals surface area contributed by atoms with E-state index in [1.807, 2.05) is 0 Å². The van der Waals surface area contributed by atoms with Gasteiger partial charge in [0.25, 0.3) is 5.91 Å². The molecule has 1 aromatic heterocycles. The maximum Gasteiger partial charge on any atom is 0.416 e. The van der Waals surface area contributed by atoms with Gasteiger partial charge in [-0.2, -0.15) is 13.2 Å². The lowest BCUT2D eigenvalue weighted by Crippen LogP contribution is -2.20. The lowest BCUT2D eigenvalue weighted by Gasteiger charge is -2.09. The minimum atomic E-state index is -4.46. The lowest BCUT2D eigenvalue weighted by atomic mass is 10.2. The number of hydrogen-bond donors (Lipinski definition) is 1. The first-order valence-corrected chi connectivity index (χ1v) is 5.88. The van der Waals surface area contributed by atoms with Crippen LogP contribution in [0.5, 0.6) is 5.75 Å². The van der Waals surface area contributed by atoms with Gasteiger partial charge in [0.2, 0.25) is 0 Å². The first-order valence-electron chi connectivity index (χ1n) is 5.88. The Morgan fingerprint density at radius 3 is 2.76 bits per heavy atom. The molecule has 1 heterocycles. The molecule has 0 atom stereocenters. The van der Waals surface area contributed by atoms with Crippen LogP contribution in [-0.2, 0) is 11.0 Å². The Bertz CT molecular complexity index is 638. The van der Waals surface area contributed by atoms with Gasteiger partial charge < -0.3 is 14.6 Å². The van der Waals surface area contributed by atoms with Crippen LogP contribution in [0, 0.1) is 6.92 Å². The van der Waals surface area contributed by atoms with Crippen molar-refractivity contribution in [1.29, 1.82) is 0 Å². The summed E-state index contributed by atoms with van der Waals surface area (Å²) in [5, 5.41) is 5.93. The van der Waals surface area contributed by atoms with Crippen LogP contribution in [0.15, 0.2) is 34.9 Å². The number of alkyl halides is 3. The van der Waals surface area contributed by atoms with Crippen LogP contribution in [-0.4, -0.2) is 17.7 Å². The van der Waals surface area contributed by atoms with Crippen LogP contribution in [0.1, 0.15) is 11.3 Å². The van der Waals surface area contributed by atoms with E-state index in [0.717, 1.165) is 12.1 Å². The van der Waals surface area contributed by atoms with E-state index < -0.39 is 24.3 Å². The largest absolute Gasteiger partial charge is 0.484 e. The molecule has 8 heteroatoms. The summed E-state index contributed by atoms with van der Waals surface area (Å²) in [6, 6.07) is 5.79. The van der Waals surface area contributed by atoms with Crippen molar-refractivity contribution in [1.82, 2.24) is 5.16 Å². The van der Waals surface area contributed by atoms with Crippen molar-refractivity contribution in [3.63, 3.8) is 0 Å². The van der Waals surface area contributed by atoms with Crippen molar-refractivity contribution in [3.05, 3.63) is 41.7 Å². The fourth-order valence-corrected chi connectivity index (χ4v) is 1.52. The molecule has 0 saturated heterocycles. The Balaban J connectivity index is 1.92. The number of hydrogen-bond acceptors (Lipinski definition) is 4. The third kappa shape index (κ3) is 4.23. The zero-order chi connectivity index (χ0) is 15.5. The molecule has 2 rings (SSSR count). The molecule has 0 fully saturated rings. The van der Waals surface area contributed by atoms with Crippen molar-refractivity contribution in [3.8, 4) is 5.75 Å². The second-order valence-corrected chi connectivity index (χ2v) is 4.19. The smallest absolute Gasteiger partial charge is 0.416 e. The minimum Gasteiger partial charge on any atom is -0.484 e.